The number of carbonyl (C=O) groups excluding carboxylic acids is 2. The molecule has 0 fully saturated rings. The zero-order valence-corrected chi connectivity index (χ0v) is 22.8. The largest absolute Gasteiger partial charge is 0.352 e. The molecular weight excluding hydrogens is 509 g/mol. The Kier molecular flexibility index (Phi) is 10.9. The van der Waals surface area contributed by atoms with Gasteiger partial charge in [-0.15, -0.1) is 0 Å². The molecule has 0 radical (unpaired) electrons. The molecule has 0 spiro atoms. The molecule has 0 unspecified atom stereocenters. The molecule has 0 saturated heterocycles. The van der Waals surface area contributed by atoms with Crippen molar-refractivity contribution in [2.24, 2.45) is 0 Å². The van der Waals surface area contributed by atoms with Crippen molar-refractivity contribution in [1.29, 1.82) is 0 Å². The molecule has 2 rings (SSSR count). The number of sulfonamides is 1. The summed E-state index contributed by atoms with van der Waals surface area (Å²) in [4.78, 5) is 27.8. The van der Waals surface area contributed by atoms with Crippen molar-refractivity contribution in [3.8, 4) is 0 Å². The Bertz CT molecular complexity index is 1110. The maximum Gasteiger partial charge on any atom is 0.243 e. The number of halogens is 2. The lowest BCUT2D eigenvalue weighted by molar-refractivity contribution is -0.141. The molecular formula is C25H33Cl2N3O4S. The van der Waals surface area contributed by atoms with E-state index < -0.39 is 16.1 Å². The van der Waals surface area contributed by atoms with Gasteiger partial charge in [-0.2, -0.15) is 0 Å². The second kappa shape index (κ2) is 13.1. The van der Waals surface area contributed by atoms with Crippen molar-refractivity contribution in [3.05, 3.63) is 64.1 Å². The Balaban J connectivity index is 2.23. The minimum atomic E-state index is -3.52. The number of nitrogens with zero attached hydrogens (tertiary/aromatic N) is 2. The second-order valence-corrected chi connectivity index (χ2v) is 11.4. The van der Waals surface area contributed by atoms with Crippen LogP contribution in [0.4, 0.5) is 5.69 Å². The van der Waals surface area contributed by atoms with E-state index >= 15 is 0 Å². The number of benzene rings is 2. The lowest BCUT2D eigenvalue weighted by atomic mass is 10.1. The standard InChI is InChI=1S/C25H33Cl2N3O4S/c1-5-23(25(32)28-18(2)3)29(17-19-13-14-21(26)22(27)16-19)24(31)12-9-15-30(35(4,33)34)20-10-7-6-8-11-20/h6-8,10-11,13-14,16,18,23H,5,9,12,15,17H2,1-4H3,(H,28,32)/t23-/m1/s1. The molecule has 2 amide bonds. The summed E-state index contributed by atoms with van der Waals surface area (Å²) in [7, 11) is -3.52. The average molecular weight is 543 g/mol. The molecule has 0 aliphatic rings. The summed E-state index contributed by atoms with van der Waals surface area (Å²) in [5.41, 5.74) is 1.28. The van der Waals surface area contributed by atoms with Crippen molar-refractivity contribution in [1.82, 2.24) is 10.2 Å². The first kappa shape index (κ1) is 28.9. The molecule has 0 aliphatic heterocycles. The lowest BCUT2D eigenvalue weighted by Crippen LogP contribution is -2.50. The van der Waals surface area contributed by atoms with E-state index in [0.29, 0.717) is 28.6 Å². The Morgan fingerprint density at radius 2 is 1.69 bits per heavy atom. The molecule has 2 aromatic rings. The monoisotopic (exact) mass is 541 g/mol. The van der Waals surface area contributed by atoms with Crippen molar-refractivity contribution in [3.63, 3.8) is 0 Å². The predicted molar refractivity (Wildman–Crippen MR) is 142 cm³/mol. The van der Waals surface area contributed by atoms with Crippen molar-refractivity contribution >= 4 is 50.7 Å². The van der Waals surface area contributed by atoms with Crippen LogP contribution in [0.15, 0.2) is 48.5 Å². The molecule has 10 heteroatoms. The first-order valence-corrected chi connectivity index (χ1v) is 14.1. The molecule has 1 atom stereocenters. The van der Waals surface area contributed by atoms with Gasteiger partial charge < -0.3 is 10.2 Å². The minimum absolute atomic E-state index is 0.0750. The molecule has 0 bridgehead atoms. The summed E-state index contributed by atoms with van der Waals surface area (Å²) >= 11 is 12.2. The first-order valence-electron chi connectivity index (χ1n) is 11.5. The third-order valence-corrected chi connectivity index (χ3v) is 7.28. The van der Waals surface area contributed by atoms with Gasteiger partial charge in [0.2, 0.25) is 21.8 Å². The predicted octanol–water partition coefficient (Wildman–Crippen LogP) is 4.87. The van der Waals surface area contributed by atoms with Crippen LogP contribution in [-0.2, 0) is 26.2 Å². The fraction of sp³-hybridized carbons (Fsp3) is 0.440. The van der Waals surface area contributed by atoms with Gasteiger partial charge in [0.15, 0.2) is 0 Å². The van der Waals surface area contributed by atoms with Crippen molar-refractivity contribution in [2.75, 3.05) is 17.1 Å². The van der Waals surface area contributed by atoms with E-state index in [1.807, 2.05) is 26.8 Å². The molecule has 35 heavy (non-hydrogen) atoms. The van der Waals surface area contributed by atoms with Crippen LogP contribution in [0, 0.1) is 0 Å². The zero-order chi connectivity index (χ0) is 26.2. The number of nitrogens with one attached hydrogen (secondary N) is 1. The van der Waals surface area contributed by atoms with E-state index in [1.54, 1.807) is 42.5 Å². The van der Waals surface area contributed by atoms with Crippen LogP contribution < -0.4 is 9.62 Å². The third-order valence-electron chi connectivity index (χ3n) is 5.35. The van der Waals surface area contributed by atoms with Gasteiger partial charge in [0.05, 0.1) is 22.0 Å². The summed E-state index contributed by atoms with van der Waals surface area (Å²) in [6.45, 7) is 5.89. The molecule has 2 aromatic carbocycles. The van der Waals surface area contributed by atoms with Gasteiger partial charge in [-0.3, -0.25) is 13.9 Å². The molecule has 7 nitrogen and oxygen atoms in total. The van der Waals surface area contributed by atoms with Gasteiger partial charge in [-0.05, 0) is 56.5 Å². The van der Waals surface area contributed by atoms with E-state index in [4.69, 9.17) is 23.2 Å². The van der Waals surface area contributed by atoms with E-state index in [-0.39, 0.29) is 37.4 Å². The highest BCUT2D eigenvalue weighted by Gasteiger charge is 2.29. The van der Waals surface area contributed by atoms with Crippen LogP contribution in [0.2, 0.25) is 10.0 Å². The van der Waals surface area contributed by atoms with Gasteiger partial charge >= 0.3 is 0 Å². The fourth-order valence-corrected chi connectivity index (χ4v) is 5.02. The number of carbonyl (C=O) groups is 2. The molecule has 192 valence electrons. The van der Waals surface area contributed by atoms with Gasteiger partial charge in [0.1, 0.15) is 6.04 Å². The van der Waals surface area contributed by atoms with Crippen LogP contribution in [0.3, 0.4) is 0 Å². The molecule has 0 aliphatic carbocycles. The Morgan fingerprint density at radius 1 is 1.03 bits per heavy atom. The van der Waals surface area contributed by atoms with Crippen LogP contribution in [-0.4, -0.2) is 50.0 Å². The van der Waals surface area contributed by atoms with E-state index in [9.17, 15) is 18.0 Å². The molecule has 0 saturated carbocycles. The highest BCUT2D eigenvalue weighted by atomic mass is 35.5. The van der Waals surface area contributed by atoms with Crippen LogP contribution >= 0.6 is 23.2 Å². The topological polar surface area (TPSA) is 86.8 Å². The van der Waals surface area contributed by atoms with Crippen LogP contribution in [0.5, 0.6) is 0 Å². The highest BCUT2D eigenvalue weighted by molar-refractivity contribution is 7.92. The average Bonchev–Trinajstić information content (AvgIpc) is 2.78. The minimum Gasteiger partial charge on any atom is -0.352 e. The van der Waals surface area contributed by atoms with Gasteiger partial charge in [0.25, 0.3) is 0 Å². The zero-order valence-electron chi connectivity index (χ0n) is 20.5. The van der Waals surface area contributed by atoms with Gasteiger partial charge in [-0.25, -0.2) is 8.42 Å². The first-order chi connectivity index (χ1) is 16.4. The molecule has 0 heterocycles. The number of hydrogen-bond donors (Lipinski definition) is 1. The summed E-state index contributed by atoms with van der Waals surface area (Å²) in [6, 6.07) is 13.1. The SMILES string of the molecule is CC[C@H](C(=O)NC(C)C)N(Cc1ccc(Cl)c(Cl)c1)C(=O)CCCN(c1ccccc1)S(C)(=O)=O. The van der Waals surface area contributed by atoms with Crippen molar-refractivity contribution < 1.29 is 18.0 Å². The number of rotatable bonds is 12. The molecule has 0 aromatic heterocycles. The van der Waals surface area contributed by atoms with E-state index in [2.05, 4.69) is 5.32 Å². The smallest absolute Gasteiger partial charge is 0.243 e. The Labute approximate surface area is 218 Å². The normalized spacial score (nSPS) is 12.3. The number of anilines is 1. The van der Waals surface area contributed by atoms with Crippen LogP contribution in [0.1, 0.15) is 45.6 Å². The van der Waals surface area contributed by atoms with Gasteiger partial charge in [-0.1, -0.05) is 54.4 Å². The lowest BCUT2D eigenvalue weighted by Gasteiger charge is -2.31. The van der Waals surface area contributed by atoms with Crippen molar-refractivity contribution in [2.45, 2.75) is 58.7 Å². The maximum atomic E-state index is 13.4. The number of para-hydroxylation sites is 1. The second-order valence-electron chi connectivity index (χ2n) is 8.63. The maximum absolute atomic E-state index is 13.4. The van der Waals surface area contributed by atoms with E-state index in [1.165, 1.54) is 9.21 Å². The molecule has 1 N–H and O–H groups in total. The summed E-state index contributed by atoms with van der Waals surface area (Å²) in [5.74, 6) is -0.485. The summed E-state index contributed by atoms with van der Waals surface area (Å²) in [6.07, 6.45) is 1.93. The van der Waals surface area contributed by atoms with Crippen LogP contribution in [0.25, 0.3) is 0 Å². The van der Waals surface area contributed by atoms with Gasteiger partial charge in [0, 0.05) is 25.6 Å². The highest BCUT2D eigenvalue weighted by Crippen LogP contribution is 2.25. The third kappa shape index (κ3) is 8.70. The Morgan fingerprint density at radius 3 is 2.23 bits per heavy atom. The number of amides is 2. The van der Waals surface area contributed by atoms with E-state index in [0.717, 1.165) is 11.8 Å². The summed E-state index contributed by atoms with van der Waals surface area (Å²) in [5, 5.41) is 3.65. The Hall–Kier alpha value is -2.29. The quantitative estimate of drug-likeness (QED) is 0.415. The number of hydrogen-bond acceptors (Lipinski definition) is 4. The fourth-order valence-electron chi connectivity index (χ4n) is 3.73. The summed E-state index contributed by atoms with van der Waals surface area (Å²) < 4.78 is 26.0.